The summed E-state index contributed by atoms with van der Waals surface area (Å²) >= 11 is 6.19. The van der Waals surface area contributed by atoms with E-state index in [2.05, 4.69) is 23.8 Å². The maximum absolute atomic E-state index is 6.19. The van der Waals surface area contributed by atoms with Gasteiger partial charge in [-0.25, -0.2) is 4.98 Å². The lowest BCUT2D eigenvalue weighted by molar-refractivity contribution is 0.223. The van der Waals surface area contributed by atoms with Gasteiger partial charge >= 0.3 is 0 Å². The number of rotatable bonds is 8. The van der Waals surface area contributed by atoms with Crippen LogP contribution in [0.4, 0.5) is 0 Å². The van der Waals surface area contributed by atoms with Gasteiger partial charge in [-0.1, -0.05) is 44.7 Å². The van der Waals surface area contributed by atoms with Gasteiger partial charge in [0.1, 0.15) is 11.0 Å². The second-order valence-electron chi connectivity index (χ2n) is 5.80. The zero-order chi connectivity index (χ0) is 14.5. The van der Waals surface area contributed by atoms with Crippen molar-refractivity contribution in [2.45, 2.75) is 65.2 Å². The quantitative estimate of drug-likeness (QED) is 0.639. The van der Waals surface area contributed by atoms with Crippen LogP contribution in [0.1, 0.15) is 69.7 Å². The molecule has 0 radical (unpaired) electrons. The summed E-state index contributed by atoms with van der Waals surface area (Å²) in [6.07, 6.45) is 7.22. The number of hydrogen-bond donors (Lipinski definition) is 0. The van der Waals surface area contributed by atoms with Gasteiger partial charge in [-0.15, -0.1) is 0 Å². The number of unbranched alkanes of at least 4 members (excludes halogenated alkanes) is 1. The molecule has 1 unspecified atom stereocenters. The number of nitrogens with zero attached hydrogens (tertiary/aromatic N) is 2. The maximum atomic E-state index is 6.19. The molecule has 20 heavy (non-hydrogen) atoms. The summed E-state index contributed by atoms with van der Waals surface area (Å²) in [5.41, 5.74) is 0.862. The molecule has 1 aliphatic rings. The highest BCUT2D eigenvalue weighted by Crippen LogP contribution is 2.39. The minimum atomic E-state index is 0.498. The summed E-state index contributed by atoms with van der Waals surface area (Å²) in [6.45, 7) is 7.11. The fourth-order valence-electron chi connectivity index (χ4n) is 2.25. The molecule has 0 saturated heterocycles. The normalized spacial score (nSPS) is 16.2. The molecule has 1 aromatic rings. The second-order valence-corrected chi connectivity index (χ2v) is 6.16. The SMILES string of the molecule is CCCCC(CC)COc1nc(C2CC2)nc(Cl)c1C. The molecule has 1 heterocycles. The molecule has 1 aliphatic carbocycles. The summed E-state index contributed by atoms with van der Waals surface area (Å²) in [4.78, 5) is 8.93. The predicted molar refractivity (Wildman–Crippen MR) is 82.6 cm³/mol. The van der Waals surface area contributed by atoms with Crippen molar-refractivity contribution >= 4 is 11.6 Å². The summed E-state index contributed by atoms with van der Waals surface area (Å²) in [5.74, 6) is 2.64. The molecule has 3 nitrogen and oxygen atoms in total. The van der Waals surface area contributed by atoms with E-state index in [-0.39, 0.29) is 0 Å². The number of ether oxygens (including phenoxy) is 1. The maximum Gasteiger partial charge on any atom is 0.221 e. The van der Waals surface area contributed by atoms with Crippen LogP contribution < -0.4 is 4.74 Å². The van der Waals surface area contributed by atoms with Crippen LogP contribution in [0.5, 0.6) is 5.88 Å². The molecule has 1 aromatic heterocycles. The Morgan fingerprint density at radius 1 is 1.30 bits per heavy atom. The molecule has 112 valence electrons. The standard InChI is InChI=1S/C16H25ClN2O/c1-4-6-7-12(5-2)10-20-16-11(3)14(17)18-15(19-16)13-8-9-13/h12-13H,4-10H2,1-3H3. The van der Waals surface area contributed by atoms with Crippen molar-refractivity contribution < 1.29 is 4.74 Å². The van der Waals surface area contributed by atoms with Crippen molar-refractivity contribution in [1.29, 1.82) is 0 Å². The van der Waals surface area contributed by atoms with Gasteiger partial charge in [-0.2, -0.15) is 4.98 Å². The van der Waals surface area contributed by atoms with Gasteiger partial charge in [0.05, 0.1) is 6.61 Å². The minimum absolute atomic E-state index is 0.498. The predicted octanol–water partition coefficient (Wildman–Crippen LogP) is 4.91. The van der Waals surface area contributed by atoms with Crippen LogP contribution >= 0.6 is 11.6 Å². The van der Waals surface area contributed by atoms with Crippen LogP contribution in [-0.4, -0.2) is 16.6 Å². The van der Waals surface area contributed by atoms with Gasteiger partial charge in [-0.3, -0.25) is 0 Å². The lowest BCUT2D eigenvalue weighted by atomic mass is 10.0. The zero-order valence-electron chi connectivity index (χ0n) is 12.8. The van der Waals surface area contributed by atoms with Gasteiger partial charge in [0.2, 0.25) is 5.88 Å². The van der Waals surface area contributed by atoms with Crippen molar-refractivity contribution in [2.75, 3.05) is 6.61 Å². The molecule has 0 amide bonds. The van der Waals surface area contributed by atoms with Crippen LogP contribution in [0.15, 0.2) is 0 Å². The Morgan fingerprint density at radius 3 is 2.65 bits per heavy atom. The Balaban J connectivity index is 2.00. The highest BCUT2D eigenvalue weighted by atomic mass is 35.5. The Hall–Kier alpha value is -0.830. The van der Waals surface area contributed by atoms with Gasteiger partial charge in [0.15, 0.2) is 0 Å². The highest BCUT2D eigenvalue weighted by molar-refractivity contribution is 6.30. The van der Waals surface area contributed by atoms with E-state index in [9.17, 15) is 0 Å². The Morgan fingerprint density at radius 2 is 2.05 bits per heavy atom. The molecule has 1 fully saturated rings. The van der Waals surface area contributed by atoms with E-state index in [1.54, 1.807) is 0 Å². The molecular weight excluding hydrogens is 272 g/mol. The Kier molecular flexibility index (Phi) is 5.64. The Labute approximate surface area is 127 Å². The molecule has 4 heteroatoms. The van der Waals surface area contributed by atoms with Crippen LogP contribution in [0.25, 0.3) is 0 Å². The number of halogens is 1. The van der Waals surface area contributed by atoms with E-state index in [0.717, 1.165) is 24.4 Å². The topological polar surface area (TPSA) is 35.0 Å². The molecule has 0 N–H and O–H groups in total. The smallest absolute Gasteiger partial charge is 0.221 e. The molecule has 2 rings (SSSR count). The minimum Gasteiger partial charge on any atom is -0.477 e. The van der Waals surface area contributed by atoms with Gasteiger partial charge in [0.25, 0.3) is 0 Å². The van der Waals surface area contributed by atoms with E-state index >= 15 is 0 Å². The molecule has 0 aliphatic heterocycles. The molecule has 0 aromatic carbocycles. The first-order valence-corrected chi connectivity index (χ1v) is 8.20. The first-order chi connectivity index (χ1) is 9.65. The average Bonchev–Trinajstić information content (AvgIpc) is 3.27. The van der Waals surface area contributed by atoms with Crippen molar-refractivity contribution in [1.82, 2.24) is 9.97 Å². The third-order valence-electron chi connectivity index (χ3n) is 4.00. The van der Waals surface area contributed by atoms with E-state index in [0.29, 0.717) is 22.9 Å². The zero-order valence-corrected chi connectivity index (χ0v) is 13.5. The fraction of sp³-hybridized carbons (Fsp3) is 0.750. The summed E-state index contributed by atoms with van der Waals surface area (Å²) in [7, 11) is 0. The molecule has 1 saturated carbocycles. The molecule has 0 bridgehead atoms. The number of aromatic nitrogens is 2. The fourth-order valence-corrected chi connectivity index (χ4v) is 2.41. The van der Waals surface area contributed by atoms with E-state index in [1.807, 2.05) is 6.92 Å². The van der Waals surface area contributed by atoms with Crippen LogP contribution in [0.3, 0.4) is 0 Å². The largest absolute Gasteiger partial charge is 0.477 e. The first-order valence-electron chi connectivity index (χ1n) is 7.82. The molecule has 0 spiro atoms. The van der Waals surface area contributed by atoms with Gasteiger partial charge < -0.3 is 4.74 Å². The summed E-state index contributed by atoms with van der Waals surface area (Å²) in [5, 5.41) is 0.540. The monoisotopic (exact) mass is 296 g/mol. The lowest BCUT2D eigenvalue weighted by Gasteiger charge is -2.16. The molecule has 1 atom stereocenters. The van der Waals surface area contributed by atoms with E-state index in [1.165, 1.54) is 32.1 Å². The van der Waals surface area contributed by atoms with Crippen LogP contribution in [0, 0.1) is 12.8 Å². The molecular formula is C16H25ClN2O. The summed E-state index contributed by atoms with van der Waals surface area (Å²) in [6, 6.07) is 0. The average molecular weight is 297 g/mol. The summed E-state index contributed by atoms with van der Waals surface area (Å²) < 4.78 is 5.95. The van der Waals surface area contributed by atoms with Crippen molar-refractivity contribution in [3.63, 3.8) is 0 Å². The van der Waals surface area contributed by atoms with Crippen molar-refractivity contribution in [3.05, 3.63) is 16.5 Å². The lowest BCUT2D eigenvalue weighted by Crippen LogP contribution is -2.13. The van der Waals surface area contributed by atoms with E-state index < -0.39 is 0 Å². The van der Waals surface area contributed by atoms with Gasteiger partial charge in [0, 0.05) is 11.5 Å². The van der Waals surface area contributed by atoms with Crippen LogP contribution in [-0.2, 0) is 0 Å². The third-order valence-corrected chi connectivity index (χ3v) is 4.37. The highest BCUT2D eigenvalue weighted by Gasteiger charge is 2.28. The Bertz CT molecular complexity index is 446. The van der Waals surface area contributed by atoms with E-state index in [4.69, 9.17) is 16.3 Å². The second kappa shape index (κ2) is 7.26. The first kappa shape index (κ1) is 15.6. The number of hydrogen-bond acceptors (Lipinski definition) is 3. The van der Waals surface area contributed by atoms with Crippen molar-refractivity contribution in [3.8, 4) is 5.88 Å². The van der Waals surface area contributed by atoms with Crippen LogP contribution in [0.2, 0.25) is 5.15 Å². The third kappa shape index (κ3) is 4.08. The van der Waals surface area contributed by atoms with Crippen molar-refractivity contribution in [2.24, 2.45) is 5.92 Å². The van der Waals surface area contributed by atoms with Gasteiger partial charge in [-0.05, 0) is 32.1 Å².